The number of nitrogens with zero attached hydrogens (tertiary/aromatic N) is 3. The Hall–Kier alpha value is -2.44. The molecule has 1 amide bonds. The number of thioether (sulfide) groups is 1. The van der Waals surface area contributed by atoms with E-state index in [2.05, 4.69) is 15.3 Å². The zero-order chi connectivity index (χ0) is 18.4. The molecule has 136 valence electrons. The summed E-state index contributed by atoms with van der Waals surface area (Å²) >= 11 is 8.05. The van der Waals surface area contributed by atoms with Gasteiger partial charge in [0.2, 0.25) is 0 Å². The molecule has 5 nitrogen and oxygen atoms in total. The molecular weight excluding hydrogens is 382 g/mol. The largest absolute Gasteiger partial charge is 0.489 e. The first kappa shape index (κ1) is 16.7. The molecule has 7 heteroatoms. The molecule has 2 aromatic carbocycles. The lowest BCUT2D eigenvalue weighted by atomic mass is 10.1. The summed E-state index contributed by atoms with van der Waals surface area (Å²) in [4.78, 5) is 21.5. The molecule has 0 spiro atoms. The van der Waals surface area contributed by atoms with Crippen LogP contribution in [-0.2, 0) is 0 Å². The summed E-state index contributed by atoms with van der Waals surface area (Å²) in [6.07, 6.45) is 0. The molecule has 0 saturated carbocycles. The molecule has 27 heavy (non-hydrogen) atoms. The Balaban J connectivity index is 1.58. The van der Waals surface area contributed by atoms with E-state index in [0.717, 1.165) is 29.5 Å². The summed E-state index contributed by atoms with van der Waals surface area (Å²) < 4.78 is 6.02. The second-order valence-corrected chi connectivity index (χ2v) is 7.68. The van der Waals surface area contributed by atoms with E-state index in [1.807, 2.05) is 42.5 Å². The van der Waals surface area contributed by atoms with E-state index >= 15 is 0 Å². The summed E-state index contributed by atoms with van der Waals surface area (Å²) in [7, 11) is 0. The van der Waals surface area contributed by atoms with Crippen LogP contribution >= 0.6 is 23.4 Å². The molecule has 0 radical (unpaired) electrons. The molecule has 0 fully saturated rings. The topological polar surface area (TPSA) is 45.1 Å². The molecule has 3 aliphatic rings. The Morgan fingerprint density at radius 3 is 2.89 bits per heavy atom. The molecule has 0 unspecified atom stereocenters. The first-order chi connectivity index (χ1) is 13.2. The fourth-order valence-corrected chi connectivity index (χ4v) is 4.73. The van der Waals surface area contributed by atoms with Gasteiger partial charge in [0.1, 0.15) is 6.61 Å². The molecule has 0 aromatic heterocycles. The van der Waals surface area contributed by atoms with Gasteiger partial charge in [0.15, 0.2) is 10.9 Å². The number of anilines is 1. The Kier molecular flexibility index (Phi) is 4.10. The SMILES string of the molecule is O=C(c1ccccc1)N1CCOc2c(C3=CSC4=NCCN34)cc(Cl)cc21. The quantitative estimate of drug-likeness (QED) is 0.765. The van der Waals surface area contributed by atoms with Crippen molar-refractivity contribution in [1.82, 2.24) is 4.90 Å². The third-order valence-electron chi connectivity index (χ3n) is 4.80. The van der Waals surface area contributed by atoms with Crippen LogP contribution in [0.25, 0.3) is 5.70 Å². The number of carbonyl (C=O) groups is 1. The van der Waals surface area contributed by atoms with Gasteiger partial charge in [-0.05, 0) is 24.3 Å². The number of amides is 1. The van der Waals surface area contributed by atoms with E-state index in [9.17, 15) is 4.79 Å². The van der Waals surface area contributed by atoms with Crippen molar-refractivity contribution in [2.75, 3.05) is 31.1 Å². The van der Waals surface area contributed by atoms with E-state index in [4.69, 9.17) is 16.3 Å². The first-order valence-corrected chi connectivity index (χ1v) is 10.0. The van der Waals surface area contributed by atoms with Gasteiger partial charge in [0.25, 0.3) is 5.91 Å². The van der Waals surface area contributed by atoms with Gasteiger partial charge in [-0.2, -0.15) is 0 Å². The molecule has 3 heterocycles. The van der Waals surface area contributed by atoms with Crippen LogP contribution < -0.4 is 9.64 Å². The van der Waals surface area contributed by atoms with Gasteiger partial charge in [0.05, 0.1) is 24.5 Å². The highest BCUT2D eigenvalue weighted by molar-refractivity contribution is 8.16. The fraction of sp³-hybridized carbons (Fsp3) is 0.200. The Morgan fingerprint density at radius 1 is 1.19 bits per heavy atom. The number of aliphatic imine (C=N–C) groups is 1. The van der Waals surface area contributed by atoms with Gasteiger partial charge < -0.3 is 14.5 Å². The summed E-state index contributed by atoms with van der Waals surface area (Å²) in [5.41, 5.74) is 3.30. The Labute approximate surface area is 166 Å². The lowest BCUT2D eigenvalue weighted by molar-refractivity contribution is 0.0976. The van der Waals surface area contributed by atoms with Crippen LogP contribution in [-0.4, -0.2) is 42.2 Å². The molecular formula is C20H16ClN3O2S. The van der Waals surface area contributed by atoms with Crippen molar-refractivity contribution in [1.29, 1.82) is 0 Å². The maximum Gasteiger partial charge on any atom is 0.258 e. The van der Waals surface area contributed by atoms with E-state index < -0.39 is 0 Å². The standard InChI is InChI=1S/C20H16ClN3O2S/c21-14-10-15(17-12-27-20-22-6-7-24(17)20)18-16(11-14)23(8-9-26-18)19(25)13-4-2-1-3-5-13/h1-5,10-12H,6-9H2. The molecule has 0 N–H and O–H groups in total. The van der Waals surface area contributed by atoms with Crippen molar-refractivity contribution in [3.63, 3.8) is 0 Å². The summed E-state index contributed by atoms with van der Waals surface area (Å²) in [6, 6.07) is 13.0. The van der Waals surface area contributed by atoms with Crippen molar-refractivity contribution in [3.8, 4) is 5.75 Å². The fourth-order valence-electron chi connectivity index (χ4n) is 3.56. The third kappa shape index (κ3) is 2.80. The number of amidine groups is 1. The van der Waals surface area contributed by atoms with Crippen molar-refractivity contribution < 1.29 is 9.53 Å². The number of benzene rings is 2. The minimum absolute atomic E-state index is 0.0495. The summed E-state index contributed by atoms with van der Waals surface area (Å²) in [5.74, 6) is 0.654. The van der Waals surface area contributed by atoms with E-state index in [0.29, 0.717) is 35.2 Å². The van der Waals surface area contributed by atoms with Gasteiger partial charge >= 0.3 is 0 Å². The zero-order valence-electron chi connectivity index (χ0n) is 14.4. The number of halogens is 1. The highest BCUT2D eigenvalue weighted by atomic mass is 35.5. The molecule has 0 atom stereocenters. The van der Waals surface area contributed by atoms with E-state index in [1.165, 1.54) is 0 Å². The van der Waals surface area contributed by atoms with Gasteiger partial charge in [-0.15, -0.1) is 0 Å². The normalized spacial score (nSPS) is 17.8. The van der Waals surface area contributed by atoms with Crippen molar-refractivity contribution in [2.24, 2.45) is 4.99 Å². The highest BCUT2D eigenvalue weighted by Crippen LogP contribution is 2.45. The van der Waals surface area contributed by atoms with Crippen molar-refractivity contribution in [3.05, 3.63) is 64.0 Å². The summed E-state index contributed by atoms with van der Waals surface area (Å²) in [6.45, 7) is 2.58. The molecule has 0 bridgehead atoms. The van der Waals surface area contributed by atoms with Crippen LogP contribution in [0.2, 0.25) is 5.02 Å². The second kappa shape index (κ2) is 6.62. The monoisotopic (exact) mass is 397 g/mol. The lowest BCUT2D eigenvalue weighted by Crippen LogP contribution is -2.38. The smallest absolute Gasteiger partial charge is 0.258 e. The maximum absolute atomic E-state index is 13.1. The van der Waals surface area contributed by atoms with Gasteiger partial charge in [-0.3, -0.25) is 9.79 Å². The minimum atomic E-state index is -0.0495. The number of carbonyl (C=O) groups excluding carboxylic acids is 1. The molecule has 0 saturated heterocycles. The van der Waals surface area contributed by atoms with Gasteiger partial charge in [0, 0.05) is 28.1 Å². The van der Waals surface area contributed by atoms with Crippen LogP contribution in [0.15, 0.2) is 52.9 Å². The van der Waals surface area contributed by atoms with Crippen LogP contribution in [0.4, 0.5) is 5.69 Å². The predicted octanol–water partition coefficient (Wildman–Crippen LogP) is 4.10. The molecule has 0 aliphatic carbocycles. The van der Waals surface area contributed by atoms with Crippen molar-refractivity contribution in [2.45, 2.75) is 0 Å². The Bertz CT molecular complexity index is 990. The number of hydrogen-bond acceptors (Lipinski definition) is 5. The van der Waals surface area contributed by atoms with Gasteiger partial charge in [-0.25, -0.2) is 0 Å². The number of ether oxygens (including phenoxy) is 1. The number of hydrogen-bond donors (Lipinski definition) is 0. The molecule has 3 aliphatic heterocycles. The first-order valence-electron chi connectivity index (χ1n) is 8.75. The second-order valence-electron chi connectivity index (χ2n) is 6.41. The van der Waals surface area contributed by atoms with Crippen molar-refractivity contribution >= 4 is 45.8 Å². The van der Waals surface area contributed by atoms with E-state index in [1.54, 1.807) is 16.7 Å². The maximum atomic E-state index is 13.1. The van der Waals surface area contributed by atoms with Crippen LogP contribution in [0.1, 0.15) is 15.9 Å². The van der Waals surface area contributed by atoms with Crippen LogP contribution in [0.3, 0.4) is 0 Å². The number of rotatable bonds is 2. The average molecular weight is 398 g/mol. The predicted molar refractivity (Wildman–Crippen MR) is 110 cm³/mol. The molecule has 5 rings (SSSR count). The highest BCUT2D eigenvalue weighted by Gasteiger charge is 2.33. The third-order valence-corrected chi connectivity index (χ3v) is 5.92. The Morgan fingerprint density at radius 2 is 2.04 bits per heavy atom. The average Bonchev–Trinajstić information content (AvgIpc) is 3.31. The lowest BCUT2D eigenvalue weighted by Gasteiger charge is -2.32. The van der Waals surface area contributed by atoms with Crippen LogP contribution in [0, 0.1) is 0 Å². The molecule has 2 aromatic rings. The zero-order valence-corrected chi connectivity index (χ0v) is 16.0. The van der Waals surface area contributed by atoms with Gasteiger partial charge in [-0.1, -0.05) is 41.6 Å². The minimum Gasteiger partial charge on any atom is -0.489 e. The van der Waals surface area contributed by atoms with E-state index in [-0.39, 0.29) is 5.91 Å². The number of fused-ring (bicyclic) bond motifs is 2. The summed E-state index contributed by atoms with van der Waals surface area (Å²) in [5, 5.41) is 3.66. The van der Waals surface area contributed by atoms with Crippen LogP contribution in [0.5, 0.6) is 5.75 Å².